The molecule has 0 radical (unpaired) electrons. The molecule has 1 fully saturated rings. The Labute approximate surface area is 144 Å². The first-order valence-electron chi connectivity index (χ1n) is 8.05. The fourth-order valence-corrected chi connectivity index (χ4v) is 3.60. The second-order valence-corrected chi connectivity index (χ2v) is 6.51. The average Bonchev–Trinajstić information content (AvgIpc) is 3.32. The first kappa shape index (κ1) is 15.0. The Morgan fingerprint density at radius 3 is 2.88 bits per heavy atom. The van der Waals surface area contributed by atoms with Crippen molar-refractivity contribution in [2.24, 2.45) is 0 Å². The zero-order valence-electron chi connectivity index (χ0n) is 13.2. The van der Waals surface area contributed by atoms with Gasteiger partial charge in [-0.25, -0.2) is 15.0 Å². The zero-order chi connectivity index (χ0) is 16.2. The minimum atomic E-state index is 0.604. The Morgan fingerprint density at radius 1 is 1.12 bits per heavy atom. The number of pyridine rings is 1. The van der Waals surface area contributed by atoms with Gasteiger partial charge in [0.05, 0.1) is 17.9 Å². The highest BCUT2D eigenvalue weighted by atomic mass is 32.1. The Balaban J connectivity index is 1.43. The SMILES string of the molecule is c1cncc(-c2ccnc(NCc3csc(N4CCCC4)n3)n2)c1. The van der Waals surface area contributed by atoms with Crippen LogP contribution in [0, 0.1) is 0 Å². The van der Waals surface area contributed by atoms with Crippen molar-refractivity contribution >= 4 is 22.4 Å². The molecule has 1 aliphatic rings. The molecule has 0 bridgehead atoms. The fraction of sp³-hybridized carbons (Fsp3) is 0.294. The zero-order valence-corrected chi connectivity index (χ0v) is 14.0. The molecule has 1 saturated heterocycles. The van der Waals surface area contributed by atoms with Gasteiger partial charge in [0.25, 0.3) is 0 Å². The second-order valence-electron chi connectivity index (χ2n) is 5.68. The maximum absolute atomic E-state index is 4.70. The van der Waals surface area contributed by atoms with Gasteiger partial charge in [0, 0.05) is 42.6 Å². The van der Waals surface area contributed by atoms with Crippen LogP contribution in [-0.2, 0) is 6.54 Å². The van der Waals surface area contributed by atoms with E-state index in [0.29, 0.717) is 12.5 Å². The van der Waals surface area contributed by atoms with E-state index in [-0.39, 0.29) is 0 Å². The molecule has 1 N–H and O–H groups in total. The third-order valence-corrected chi connectivity index (χ3v) is 4.91. The molecule has 0 spiro atoms. The van der Waals surface area contributed by atoms with E-state index in [1.807, 2.05) is 18.2 Å². The van der Waals surface area contributed by atoms with Crippen molar-refractivity contribution in [1.29, 1.82) is 0 Å². The van der Waals surface area contributed by atoms with Crippen LogP contribution in [0.5, 0.6) is 0 Å². The van der Waals surface area contributed by atoms with Gasteiger partial charge in [-0.2, -0.15) is 0 Å². The molecule has 0 aromatic carbocycles. The number of thiazole rings is 1. The van der Waals surface area contributed by atoms with Crippen LogP contribution in [-0.4, -0.2) is 33.0 Å². The molecule has 3 aromatic heterocycles. The molecule has 122 valence electrons. The number of anilines is 2. The van der Waals surface area contributed by atoms with Crippen LogP contribution in [0.2, 0.25) is 0 Å². The molecule has 0 aliphatic carbocycles. The van der Waals surface area contributed by atoms with E-state index < -0.39 is 0 Å². The third kappa shape index (κ3) is 3.35. The molecule has 6 nitrogen and oxygen atoms in total. The Morgan fingerprint density at radius 2 is 2.04 bits per heavy atom. The van der Waals surface area contributed by atoms with E-state index in [1.165, 1.54) is 12.8 Å². The highest BCUT2D eigenvalue weighted by molar-refractivity contribution is 7.13. The molecule has 0 unspecified atom stereocenters. The predicted octanol–water partition coefficient (Wildman–Crippen LogP) is 3.21. The molecular formula is C17H18N6S. The van der Waals surface area contributed by atoms with Gasteiger partial charge in [-0.3, -0.25) is 4.98 Å². The monoisotopic (exact) mass is 338 g/mol. The molecule has 4 heterocycles. The van der Waals surface area contributed by atoms with Gasteiger partial charge in [-0.15, -0.1) is 11.3 Å². The maximum atomic E-state index is 4.70. The van der Waals surface area contributed by atoms with Crippen molar-refractivity contribution in [2.45, 2.75) is 19.4 Å². The maximum Gasteiger partial charge on any atom is 0.223 e. The summed E-state index contributed by atoms with van der Waals surface area (Å²) in [5.74, 6) is 0.604. The third-order valence-electron chi connectivity index (χ3n) is 3.96. The summed E-state index contributed by atoms with van der Waals surface area (Å²) in [7, 11) is 0. The lowest BCUT2D eigenvalue weighted by molar-refractivity contribution is 0.938. The summed E-state index contributed by atoms with van der Waals surface area (Å²) in [5.41, 5.74) is 2.86. The molecule has 3 aromatic rings. The van der Waals surface area contributed by atoms with E-state index in [0.717, 1.165) is 35.2 Å². The van der Waals surface area contributed by atoms with E-state index >= 15 is 0 Å². The van der Waals surface area contributed by atoms with Crippen LogP contribution in [0.15, 0.2) is 42.2 Å². The van der Waals surface area contributed by atoms with Crippen molar-refractivity contribution < 1.29 is 0 Å². The summed E-state index contributed by atoms with van der Waals surface area (Å²) >= 11 is 1.71. The lowest BCUT2D eigenvalue weighted by Gasteiger charge is -2.12. The summed E-state index contributed by atoms with van der Waals surface area (Å²) in [4.78, 5) is 20.0. The summed E-state index contributed by atoms with van der Waals surface area (Å²) in [6.45, 7) is 2.87. The van der Waals surface area contributed by atoms with Crippen LogP contribution in [0.25, 0.3) is 11.3 Å². The van der Waals surface area contributed by atoms with Crippen molar-refractivity contribution in [2.75, 3.05) is 23.3 Å². The van der Waals surface area contributed by atoms with E-state index in [9.17, 15) is 0 Å². The number of aromatic nitrogens is 4. The van der Waals surface area contributed by atoms with Gasteiger partial charge in [-0.1, -0.05) is 0 Å². The quantitative estimate of drug-likeness (QED) is 0.770. The summed E-state index contributed by atoms with van der Waals surface area (Å²) in [6.07, 6.45) is 7.84. The summed E-state index contributed by atoms with van der Waals surface area (Å²) in [6, 6.07) is 5.78. The van der Waals surface area contributed by atoms with E-state index in [2.05, 4.69) is 30.5 Å². The lowest BCUT2D eigenvalue weighted by Crippen LogP contribution is -2.17. The number of hydrogen-bond donors (Lipinski definition) is 1. The second kappa shape index (κ2) is 6.92. The van der Waals surface area contributed by atoms with Crippen LogP contribution < -0.4 is 10.2 Å². The molecule has 0 amide bonds. The Hall–Kier alpha value is -2.54. The summed E-state index contributed by atoms with van der Waals surface area (Å²) < 4.78 is 0. The first-order chi connectivity index (χ1) is 11.9. The minimum Gasteiger partial charge on any atom is -0.349 e. The van der Waals surface area contributed by atoms with Crippen molar-refractivity contribution in [3.05, 3.63) is 47.9 Å². The summed E-state index contributed by atoms with van der Waals surface area (Å²) in [5, 5.41) is 6.48. The molecule has 0 saturated carbocycles. The van der Waals surface area contributed by atoms with Gasteiger partial charge < -0.3 is 10.2 Å². The van der Waals surface area contributed by atoms with Crippen molar-refractivity contribution in [3.63, 3.8) is 0 Å². The highest BCUT2D eigenvalue weighted by Crippen LogP contribution is 2.24. The molecule has 1 aliphatic heterocycles. The number of hydrogen-bond acceptors (Lipinski definition) is 7. The Bertz CT molecular complexity index is 798. The topological polar surface area (TPSA) is 66.8 Å². The van der Waals surface area contributed by atoms with Crippen LogP contribution in [0.4, 0.5) is 11.1 Å². The van der Waals surface area contributed by atoms with Gasteiger partial charge in [0.1, 0.15) is 0 Å². The van der Waals surface area contributed by atoms with Crippen molar-refractivity contribution in [3.8, 4) is 11.3 Å². The predicted molar refractivity (Wildman–Crippen MR) is 96.2 cm³/mol. The highest BCUT2D eigenvalue weighted by Gasteiger charge is 2.15. The Kier molecular flexibility index (Phi) is 4.33. The van der Waals surface area contributed by atoms with Crippen LogP contribution in [0.1, 0.15) is 18.5 Å². The van der Waals surface area contributed by atoms with Gasteiger partial charge in [0.15, 0.2) is 5.13 Å². The standard InChI is InChI=1S/C17H18N6S/c1-2-9-23(8-1)17-21-14(12-24-17)11-20-16-19-7-5-15(22-16)13-4-3-6-18-10-13/h3-7,10,12H,1-2,8-9,11H2,(H,19,20,22). The smallest absolute Gasteiger partial charge is 0.223 e. The lowest BCUT2D eigenvalue weighted by atomic mass is 10.2. The van der Waals surface area contributed by atoms with Gasteiger partial charge in [-0.05, 0) is 31.0 Å². The molecule has 7 heteroatoms. The first-order valence-corrected chi connectivity index (χ1v) is 8.93. The largest absolute Gasteiger partial charge is 0.349 e. The average molecular weight is 338 g/mol. The van der Waals surface area contributed by atoms with Crippen LogP contribution >= 0.6 is 11.3 Å². The van der Waals surface area contributed by atoms with E-state index in [4.69, 9.17) is 4.98 Å². The normalized spacial score (nSPS) is 14.1. The van der Waals surface area contributed by atoms with E-state index in [1.54, 1.807) is 29.9 Å². The number of nitrogens with zero attached hydrogens (tertiary/aromatic N) is 5. The number of nitrogens with one attached hydrogen (secondary N) is 1. The van der Waals surface area contributed by atoms with Gasteiger partial charge >= 0.3 is 0 Å². The molecule has 0 atom stereocenters. The number of rotatable bonds is 5. The van der Waals surface area contributed by atoms with Crippen molar-refractivity contribution in [1.82, 2.24) is 19.9 Å². The molecular weight excluding hydrogens is 320 g/mol. The van der Waals surface area contributed by atoms with Gasteiger partial charge in [0.2, 0.25) is 5.95 Å². The van der Waals surface area contributed by atoms with Crippen LogP contribution in [0.3, 0.4) is 0 Å². The molecule has 4 rings (SSSR count). The minimum absolute atomic E-state index is 0.604. The fourth-order valence-electron chi connectivity index (χ4n) is 2.72. The molecule has 24 heavy (non-hydrogen) atoms.